The molecule has 0 bridgehead atoms. The quantitative estimate of drug-likeness (QED) is 0.490. The smallest absolute Gasteiger partial charge is 0.325 e. The zero-order valence-electron chi connectivity index (χ0n) is 23.4. The molecule has 2 fully saturated rings. The third-order valence-electron chi connectivity index (χ3n) is 8.37. The maximum absolute atomic E-state index is 15.1. The maximum atomic E-state index is 15.1. The molecule has 7 nitrogen and oxygen atoms in total. The second-order valence-corrected chi connectivity index (χ2v) is 11.2. The number of ether oxygens (including phenoxy) is 3. The Hall–Kier alpha value is -3.17. The molecule has 0 aliphatic carbocycles. The molecule has 3 heterocycles. The second kappa shape index (κ2) is 10.4. The van der Waals surface area contributed by atoms with Crippen LogP contribution in [0.4, 0.5) is 13.6 Å². The van der Waals surface area contributed by atoms with Gasteiger partial charge >= 0.3 is 6.03 Å². The van der Waals surface area contributed by atoms with Crippen molar-refractivity contribution in [2.24, 2.45) is 0 Å². The molecule has 3 aliphatic rings. The van der Waals surface area contributed by atoms with Gasteiger partial charge in [-0.1, -0.05) is 19.9 Å². The van der Waals surface area contributed by atoms with Crippen molar-refractivity contribution in [2.45, 2.75) is 50.7 Å². The van der Waals surface area contributed by atoms with Gasteiger partial charge < -0.3 is 19.1 Å². The lowest BCUT2D eigenvalue weighted by Crippen LogP contribution is -2.54. The first-order valence-electron chi connectivity index (χ1n) is 13.4. The fourth-order valence-electron chi connectivity index (χ4n) is 6.56. The highest BCUT2D eigenvalue weighted by molar-refractivity contribution is 5.83. The molecule has 39 heavy (non-hydrogen) atoms. The molecule has 0 aromatic heterocycles. The van der Waals surface area contributed by atoms with Crippen LogP contribution in [0.5, 0.6) is 11.5 Å². The van der Waals surface area contributed by atoms with Crippen molar-refractivity contribution in [1.82, 2.24) is 14.7 Å². The molecule has 2 aromatic rings. The monoisotopic (exact) mass is 541 g/mol. The fourth-order valence-corrected chi connectivity index (χ4v) is 6.56. The summed E-state index contributed by atoms with van der Waals surface area (Å²) in [5.74, 6) is 0.282. The van der Waals surface area contributed by atoms with E-state index in [9.17, 15) is 9.18 Å². The largest absolute Gasteiger partial charge is 0.497 e. The zero-order valence-corrected chi connectivity index (χ0v) is 23.4. The number of amides is 2. The summed E-state index contributed by atoms with van der Waals surface area (Å²) in [6.07, 6.45) is 3.47. The molecular formula is C30H37F2N3O4. The van der Waals surface area contributed by atoms with E-state index in [1.165, 1.54) is 6.07 Å². The van der Waals surface area contributed by atoms with Crippen LogP contribution in [0.3, 0.4) is 0 Å². The molecule has 0 saturated carbocycles. The molecule has 0 atom stereocenters. The summed E-state index contributed by atoms with van der Waals surface area (Å²) in [5.41, 5.74) is 1.65. The number of urea groups is 1. The van der Waals surface area contributed by atoms with Crippen LogP contribution in [0.15, 0.2) is 42.1 Å². The van der Waals surface area contributed by atoms with E-state index in [0.717, 1.165) is 61.3 Å². The highest BCUT2D eigenvalue weighted by Gasteiger charge is 2.56. The van der Waals surface area contributed by atoms with Gasteiger partial charge in [0.25, 0.3) is 0 Å². The van der Waals surface area contributed by atoms with E-state index in [1.807, 2.05) is 43.0 Å². The highest BCUT2D eigenvalue weighted by Crippen LogP contribution is 2.49. The van der Waals surface area contributed by atoms with Gasteiger partial charge in [-0.15, -0.1) is 0 Å². The number of benzene rings is 2. The molecule has 2 saturated heterocycles. The number of carbonyl (C=O) groups is 1. The summed E-state index contributed by atoms with van der Waals surface area (Å²) in [5, 5.41) is 0. The van der Waals surface area contributed by atoms with Crippen LogP contribution in [-0.4, -0.2) is 73.8 Å². The number of fused-ring (bicyclic) bond motifs is 3. The third-order valence-corrected chi connectivity index (χ3v) is 8.37. The number of likely N-dealkylation sites (tertiary alicyclic amines) is 1. The van der Waals surface area contributed by atoms with Gasteiger partial charge in [0.15, 0.2) is 0 Å². The summed E-state index contributed by atoms with van der Waals surface area (Å²) in [7, 11) is 4.91. The molecule has 5 rings (SSSR count). The Bertz CT molecular complexity index is 1260. The van der Waals surface area contributed by atoms with E-state index in [4.69, 9.17) is 14.2 Å². The number of nitrogens with zero attached hydrogens (tertiary/aromatic N) is 3. The SMILES string of the molecule is COCCN1C(=O)N2Cc3cc(F)cc(F)c3C(C)(C)C=C2C12CCN(Cc1cc(OC)cc(OC)c1)CC2. The van der Waals surface area contributed by atoms with Crippen molar-refractivity contribution in [3.05, 3.63) is 70.4 Å². The number of hydrogen-bond acceptors (Lipinski definition) is 5. The molecule has 9 heteroatoms. The Morgan fingerprint density at radius 2 is 1.62 bits per heavy atom. The minimum absolute atomic E-state index is 0.136. The molecule has 210 valence electrons. The van der Waals surface area contributed by atoms with Gasteiger partial charge in [0.1, 0.15) is 23.1 Å². The molecule has 2 amide bonds. The predicted molar refractivity (Wildman–Crippen MR) is 144 cm³/mol. The first-order valence-corrected chi connectivity index (χ1v) is 13.4. The van der Waals surface area contributed by atoms with Gasteiger partial charge in [0.05, 0.1) is 32.9 Å². The molecular weight excluding hydrogens is 504 g/mol. The van der Waals surface area contributed by atoms with Gasteiger partial charge in [-0.25, -0.2) is 13.6 Å². The van der Waals surface area contributed by atoms with Crippen molar-refractivity contribution in [2.75, 3.05) is 47.6 Å². The van der Waals surface area contributed by atoms with E-state index in [0.29, 0.717) is 24.3 Å². The van der Waals surface area contributed by atoms with Gasteiger partial charge in [0, 0.05) is 62.1 Å². The Kier molecular flexibility index (Phi) is 7.33. The van der Waals surface area contributed by atoms with Gasteiger partial charge in [-0.05, 0) is 42.2 Å². The lowest BCUT2D eigenvalue weighted by Gasteiger charge is -2.45. The van der Waals surface area contributed by atoms with Crippen LogP contribution in [0.1, 0.15) is 43.4 Å². The van der Waals surface area contributed by atoms with Crippen molar-refractivity contribution < 1.29 is 27.8 Å². The molecule has 0 unspecified atom stereocenters. The van der Waals surface area contributed by atoms with Crippen LogP contribution < -0.4 is 9.47 Å². The summed E-state index contributed by atoms with van der Waals surface area (Å²) < 4.78 is 45.6. The minimum Gasteiger partial charge on any atom is -0.497 e. The first-order chi connectivity index (χ1) is 18.6. The summed E-state index contributed by atoms with van der Waals surface area (Å²) in [6, 6.07) is 8.04. The number of carbonyl (C=O) groups excluding carboxylic acids is 1. The van der Waals surface area contributed by atoms with Crippen molar-refractivity contribution in [3.63, 3.8) is 0 Å². The van der Waals surface area contributed by atoms with E-state index < -0.39 is 22.6 Å². The average Bonchev–Trinajstić information content (AvgIpc) is 3.00. The van der Waals surface area contributed by atoms with Crippen LogP contribution >= 0.6 is 0 Å². The topological polar surface area (TPSA) is 54.5 Å². The predicted octanol–water partition coefficient (Wildman–Crippen LogP) is 5.08. The lowest BCUT2D eigenvalue weighted by atomic mass is 9.77. The Morgan fingerprint density at radius 3 is 2.23 bits per heavy atom. The number of allylic oxidation sites excluding steroid dienone is 1. The van der Waals surface area contributed by atoms with Crippen LogP contribution in [0.25, 0.3) is 0 Å². The van der Waals surface area contributed by atoms with Gasteiger partial charge in [0.2, 0.25) is 0 Å². The average molecular weight is 542 g/mol. The van der Waals surface area contributed by atoms with Crippen molar-refractivity contribution >= 4 is 6.03 Å². The van der Waals surface area contributed by atoms with Crippen molar-refractivity contribution in [1.29, 1.82) is 0 Å². The van der Waals surface area contributed by atoms with Crippen molar-refractivity contribution in [3.8, 4) is 11.5 Å². The molecule has 0 N–H and O–H groups in total. The van der Waals surface area contributed by atoms with E-state index >= 15 is 4.39 Å². The summed E-state index contributed by atoms with van der Waals surface area (Å²) in [4.78, 5) is 19.9. The van der Waals surface area contributed by atoms with E-state index in [-0.39, 0.29) is 12.6 Å². The molecule has 0 radical (unpaired) electrons. The number of methoxy groups -OCH3 is 3. The van der Waals surface area contributed by atoms with Gasteiger partial charge in [-0.2, -0.15) is 0 Å². The Balaban J connectivity index is 1.47. The van der Waals surface area contributed by atoms with E-state index in [2.05, 4.69) is 4.90 Å². The number of hydrogen-bond donors (Lipinski definition) is 0. The first kappa shape index (κ1) is 27.4. The van der Waals surface area contributed by atoms with Crippen LogP contribution in [0, 0.1) is 11.6 Å². The fraction of sp³-hybridized carbons (Fsp3) is 0.500. The third kappa shape index (κ3) is 4.87. The Morgan fingerprint density at radius 1 is 0.949 bits per heavy atom. The maximum Gasteiger partial charge on any atom is 0.325 e. The second-order valence-electron chi connectivity index (χ2n) is 11.2. The zero-order chi connectivity index (χ0) is 27.9. The number of rotatable bonds is 7. The standard InChI is InChI=1S/C30H37F2N3O4/c1-29(2)17-26-30(6-8-33(9-7-30)18-20-12-23(38-4)16-24(13-20)39-5)35(10-11-37-3)28(36)34(26)19-21-14-22(31)15-25(32)27(21)29/h12-17H,6-11,18-19H2,1-5H3. The van der Waals surface area contributed by atoms with Gasteiger partial charge in [-0.3, -0.25) is 9.80 Å². The molecule has 3 aliphatic heterocycles. The summed E-state index contributed by atoms with van der Waals surface area (Å²) >= 11 is 0. The van der Waals surface area contributed by atoms with E-state index in [1.54, 1.807) is 26.2 Å². The van der Waals surface area contributed by atoms with Crippen LogP contribution in [0.2, 0.25) is 0 Å². The number of piperidine rings is 1. The Labute approximate surface area is 228 Å². The lowest BCUT2D eigenvalue weighted by molar-refractivity contribution is 0.0667. The normalized spacial score (nSPS) is 20.0. The summed E-state index contributed by atoms with van der Waals surface area (Å²) in [6.45, 7) is 7.10. The molecule has 1 spiro atoms. The minimum atomic E-state index is -0.726. The van der Waals surface area contributed by atoms with Crippen LogP contribution in [-0.2, 0) is 23.2 Å². The number of halogens is 2. The molecule has 2 aromatic carbocycles. The highest BCUT2D eigenvalue weighted by atomic mass is 19.1.